The molecule has 7 nitrogen and oxygen atoms in total. The second-order valence-corrected chi connectivity index (χ2v) is 3.98. The molecule has 0 bridgehead atoms. The smallest absolute Gasteiger partial charge is 0.321 e. The number of hydrogen-bond donors (Lipinski definition) is 1. The Morgan fingerprint density at radius 2 is 2.00 bits per heavy atom. The Bertz CT molecular complexity index is 535. The summed E-state index contributed by atoms with van der Waals surface area (Å²) in [6, 6.07) is 1.99. The fourth-order valence-electron chi connectivity index (χ4n) is 1.05. The maximum atomic E-state index is 5.52. The zero-order valence-electron chi connectivity index (χ0n) is 9.28. The van der Waals surface area contributed by atoms with Crippen molar-refractivity contribution in [2.45, 2.75) is 17.2 Å². The van der Waals surface area contributed by atoms with Crippen molar-refractivity contribution in [3.05, 3.63) is 18.0 Å². The third-order valence-electron chi connectivity index (χ3n) is 1.75. The molecule has 2 heterocycles. The maximum absolute atomic E-state index is 5.52. The first-order valence-corrected chi connectivity index (χ1v) is 5.52. The topological polar surface area (TPSA) is 99.7 Å². The summed E-state index contributed by atoms with van der Waals surface area (Å²) in [5.74, 6) is 0.104. The summed E-state index contributed by atoms with van der Waals surface area (Å²) in [4.78, 5) is 20.1. The van der Waals surface area contributed by atoms with E-state index < -0.39 is 0 Å². The van der Waals surface area contributed by atoms with E-state index in [4.69, 9.17) is 10.5 Å². The predicted molar refractivity (Wildman–Crippen MR) is 61.7 cm³/mol. The summed E-state index contributed by atoms with van der Waals surface area (Å²) in [5, 5.41) is 0.956. The monoisotopic (exact) mass is 250 g/mol. The molecule has 0 aliphatic heterocycles. The van der Waals surface area contributed by atoms with Crippen LogP contribution in [0.4, 0.5) is 5.95 Å². The number of aromatic nitrogens is 5. The Kier molecular flexibility index (Phi) is 3.33. The highest BCUT2D eigenvalue weighted by Crippen LogP contribution is 2.22. The van der Waals surface area contributed by atoms with Gasteiger partial charge in [0.15, 0.2) is 5.16 Å². The molecule has 0 atom stereocenters. The molecular weight excluding hydrogens is 240 g/mol. The van der Waals surface area contributed by atoms with Gasteiger partial charge in [-0.3, -0.25) is 0 Å². The van der Waals surface area contributed by atoms with Gasteiger partial charge in [0.2, 0.25) is 11.1 Å². The molecule has 88 valence electrons. The number of rotatable bonds is 3. The molecule has 2 rings (SSSR count). The quantitative estimate of drug-likeness (QED) is 0.795. The van der Waals surface area contributed by atoms with E-state index in [1.165, 1.54) is 18.9 Å². The number of ether oxygens (including phenoxy) is 1. The SMILES string of the molecule is COc1nc(N)nc(Sc2nccc(C)n2)n1. The first-order chi connectivity index (χ1) is 8.17. The lowest BCUT2D eigenvalue weighted by molar-refractivity contribution is 0.374. The van der Waals surface area contributed by atoms with Gasteiger partial charge >= 0.3 is 6.01 Å². The molecule has 2 aromatic rings. The minimum atomic E-state index is 0.104. The second kappa shape index (κ2) is 4.91. The lowest BCUT2D eigenvalue weighted by Crippen LogP contribution is -2.02. The molecule has 0 radical (unpaired) electrons. The van der Waals surface area contributed by atoms with Crippen molar-refractivity contribution in [3.8, 4) is 6.01 Å². The lowest BCUT2D eigenvalue weighted by atomic mass is 10.5. The first-order valence-electron chi connectivity index (χ1n) is 4.70. The number of methoxy groups -OCH3 is 1. The second-order valence-electron chi connectivity index (χ2n) is 3.05. The van der Waals surface area contributed by atoms with Crippen LogP contribution in [-0.2, 0) is 0 Å². The van der Waals surface area contributed by atoms with Gasteiger partial charge in [0.05, 0.1) is 7.11 Å². The molecule has 0 fully saturated rings. The van der Waals surface area contributed by atoms with Gasteiger partial charge in [-0.15, -0.1) is 0 Å². The average molecular weight is 250 g/mol. The average Bonchev–Trinajstić information content (AvgIpc) is 2.28. The molecule has 0 saturated carbocycles. The molecule has 0 aromatic carbocycles. The number of aryl methyl sites for hydroxylation is 1. The van der Waals surface area contributed by atoms with Gasteiger partial charge in [-0.1, -0.05) is 0 Å². The van der Waals surface area contributed by atoms with Crippen LogP contribution in [0.2, 0.25) is 0 Å². The molecule has 0 unspecified atom stereocenters. The maximum Gasteiger partial charge on any atom is 0.321 e. The van der Waals surface area contributed by atoms with Gasteiger partial charge in [0.1, 0.15) is 0 Å². The predicted octanol–water partition coefficient (Wildman–Crippen LogP) is 0.712. The number of hydrogen-bond acceptors (Lipinski definition) is 8. The molecule has 2 N–H and O–H groups in total. The van der Waals surface area contributed by atoms with E-state index in [9.17, 15) is 0 Å². The highest BCUT2D eigenvalue weighted by molar-refractivity contribution is 7.99. The number of nitrogen functional groups attached to an aromatic ring is 1. The number of nitrogens with two attached hydrogens (primary N) is 1. The van der Waals surface area contributed by atoms with Crippen LogP contribution in [0, 0.1) is 6.92 Å². The van der Waals surface area contributed by atoms with Crippen molar-refractivity contribution in [1.82, 2.24) is 24.9 Å². The van der Waals surface area contributed by atoms with Gasteiger partial charge in [-0.25, -0.2) is 9.97 Å². The third-order valence-corrected chi connectivity index (χ3v) is 2.49. The van der Waals surface area contributed by atoms with E-state index in [0.717, 1.165) is 5.69 Å². The van der Waals surface area contributed by atoms with Crippen molar-refractivity contribution in [2.75, 3.05) is 12.8 Å². The Labute approximate surface area is 102 Å². The standard InChI is InChI=1S/C9H10N6OS/c1-5-3-4-11-8(12-5)17-9-14-6(10)13-7(15-9)16-2/h3-4H,1-2H3,(H2,10,13,14,15). The minimum absolute atomic E-state index is 0.104. The summed E-state index contributed by atoms with van der Waals surface area (Å²) in [5.41, 5.74) is 6.39. The third kappa shape index (κ3) is 3.00. The van der Waals surface area contributed by atoms with E-state index in [-0.39, 0.29) is 12.0 Å². The van der Waals surface area contributed by atoms with Crippen molar-refractivity contribution in [3.63, 3.8) is 0 Å². The summed E-state index contributed by atoms with van der Waals surface area (Å²) >= 11 is 1.20. The summed E-state index contributed by atoms with van der Waals surface area (Å²) < 4.78 is 4.90. The van der Waals surface area contributed by atoms with Gasteiger partial charge in [-0.05, 0) is 24.8 Å². The summed E-state index contributed by atoms with van der Waals surface area (Å²) in [7, 11) is 1.46. The summed E-state index contributed by atoms with van der Waals surface area (Å²) in [6.07, 6.45) is 1.67. The molecule has 0 spiro atoms. The molecule has 0 aliphatic carbocycles. The molecule has 17 heavy (non-hydrogen) atoms. The largest absolute Gasteiger partial charge is 0.467 e. The minimum Gasteiger partial charge on any atom is -0.467 e. The van der Waals surface area contributed by atoms with Crippen LogP contribution < -0.4 is 10.5 Å². The normalized spacial score (nSPS) is 10.2. The molecule has 8 heteroatoms. The Hall–Kier alpha value is -1.96. The van der Waals surface area contributed by atoms with E-state index in [0.29, 0.717) is 10.3 Å². The number of nitrogens with zero attached hydrogens (tertiary/aromatic N) is 5. The van der Waals surface area contributed by atoms with Crippen LogP contribution >= 0.6 is 11.8 Å². The lowest BCUT2D eigenvalue weighted by Gasteiger charge is -2.02. The van der Waals surface area contributed by atoms with Gasteiger partial charge in [0, 0.05) is 11.9 Å². The van der Waals surface area contributed by atoms with Crippen LogP contribution in [0.3, 0.4) is 0 Å². The fraction of sp³-hybridized carbons (Fsp3) is 0.222. The van der Waals surface area contributed by atoms with Gasteiger partial charge in [-0.2, -0.15) is 15.0 Å². The van der Waals surface area contributed by atoms with E-state index in [2.05, 4.69) is 24.9 Å². The van der Waals surface area contributed by atoms with Crippen LogP contribution in [0.5, 0.6) is 6.01 Å². The zero-order valence-corrected chi connectivity index (χ0v) is 10.1. The molecule has 2 aromatic heterocycles. The molecular formula is C9H10N6OS. The van der Waals surface area contributed by atoms with Crippen molar-refractivity contribution >= 4 is 17.7 Å². The Morgan fingerprint density at radius 1 is 1.18 bits per heavy atom. The van der Waals surface area contributed by atoms with Crippen LogP contribution in [0.25, 0.3) is 0 Å². The fourth-order valence-corrected chi connectivity index (χ4v) is 1.78. The zero-order chi connectivity index (χ0) is 12.3. The van der Waals surface area contributed by atoms with Crippen LogP contribution in [-0.4, -0.2) is 32.0 Å². The van der Waals surface area contributed by atoms with Crippen LogP contribution in [0.15, 0.2) is 22.6 Å². The molecule has 0 saturated heterocycles. The first kappa shape index (κ1) is 11.5. The Morgan fingerprint density at radius 3 is 2.71 bits per heavy atom. The summed E-state index contributed by atoms with van der Waals surface area (Å²) in [6.45, 7) is 1.88. The highest BCUT2D eigenvalue weighted by atomic mass is 32.2. The highest BCUT2D eigenvalue weighted by Gasteiger charge is 2.08. The molecule has 0 amide bonds. The van der Waals surface area contributed by atoms with Gasteiger partial charge in [0.25, 0.3) is 0 Å². The van der Waals surface area contributed by atoms with Crippen molar-refractivity contribution in [2.24, 2.45) is 0 Å². The molecule has 0 aliphatic rings. The number of anilines is 1. The van der Waals surface area contributed by atoms with Crippen molar-refractivity contribution < 1.29 is 4.74 Å². The van der Waals surface area contributed by atoms with E-state index in [1.807, 2.05) is 13.0 Å². The van der Waals surface area contributed by atoms with E-state index in [1.54, 1.807) is 6.20 Å². The van der Waals surface area contributed by atoms with Crippen molar-refractivity contribution in [1.29, 1.82) is 0 Å². The Balaban J connectivity index is 2.26. The van der Waals surface area contributed by atoms with Crippen LogP contribution in [0.1, 0.15) is 5.69 Å². The van der Waals surface area contributed by atoms with E-state index >= 15 is 0 Å². The van der Waals surface area contributed by atoms with Gasteiger partial charge < -0.3 is 10.5 Å².